The number of anilines is 4. The number of carbonyl (C=O) groups is 1. The van der Waals surface area contributed by atoms with Gasteiger partial charge < -0.3 is 26.2 Å². The van der Waals surface area contributed by atoms with Gasteiger partial charge >= 0.3 is 0 Å². The smallest absolute Gasteiger partial charge is 0.246 e. The Morgan fingerprint density at radius 1 is 1.07 bits per heavy atom. The molecule has 212 valence electrons. The van der Waals surface area contributed by atoms with Gasteiger partial charge in [-0.05, 0) is 68.4 Å². The molecule has 0 bridgehead atoms. The summed E-state index contributed by atoms with van der Waals surface area (Å²) in [5, 5.41) is 8.47. The number of nitrogens with one attached hydrogen (secondary N) is 2. The average molecular weight is 581 g/mol. The lowest BCUT2D eigenvalue weighted by Gasteiger charge is -2.39. The van der Waals surface area contributed by atoms with Gasteiger partial charge in [0.25, 0.3) is 0 Å². The second kappa shape index (κ2) is 13.0. The Kier molecular flexibility index (Phi) is 9.67. The molecule has 0 radical (unpaired) electrons. The van der Waals surface area contributed by atoms with Crippen LogP contribution in [0.3, 0.4) is 0 Å². The molecule has 0 aromatic heterocycles. The summed E-state index contributed by atoms with van der Waals surface area (Å²) in [5.41, 5.74) is 13.6. The van der Waals surface area contributed by atoms with E-state index in [2.05, 4.69) is 49.6 Å². The minimum Gasteiger partial charge on any atom is -0.399 e. The van der Waals surface area contributed by atoms with E-state index in [1.165, 1.54) is 5.56 Å². The Morgan fingerprint density at radius 3 is 2.50 bits per heavy atom. The number of rotatable bonds is 10. The zero-order valence-corrected chi connectivity index (χ0v) is 25.4. The average Bonchev–Trinajstić information content (AvgIpc) is 2.86. The molecule has 1 amide bonds. The molecule has 1 aliphatic rings. The molecular weight excluding hydrogens is 541 g/mol. The van der Waals surface area contributed by atoms with Crippen molar-refractivity contribution in [2.45, 2.75) is 26.7 Å². The van der Waals surface area contributed by atoms with E-state index in [0.29, 0.717) is 27.6 Å². The van der Waals surface area contributed by atoms with E-state index in [4.69, 9.17) is 28.9 Å². The zero-order chi connectivity index (χ0) is 29.0. The van der Waals surface area contributed by atoms with Gasteiger partial charge in [-0.15, -0.1) is 0 Å². The highest BCUT2D eigenvalue weighted by Crippen LogP contribution is 2.42. The Labute approximate surface area is 248 Å². The molecule has 0 atom stereocenters. The van der Waals surface area contributed by atoms with Crippen LogP contribution in [0.4, 0.5) is 22.7 Å². The van der Waals surface area contributed by atoms with Crippen molar-refractivity contribution < 1.29 is 4.79 Å². The van der Waals surface area contributed by atoms with Gasteiger partial charge in [0.05, 0.1) is 16.4 Å². The molecule has 1 aliphatic heterocycles. The van der Waals surface area contributed by atoms with Gasteiger partial charge in [0.15, 0.2) is 0 Å². The molecule has 1 saturated heterocycles. The lowest BCUT2D eigenvalue weighted by atomic mass is 9.97. The summed E-state index contributed by atoms with van der Waals surface area (Å²) in [5.74, 6) is 0.761. The Balaban J connectivity index is 1.59. The van der Waals surface area contributed by atoms with E-state index >= 15 is 0 Å². The number of hydrogen-bond acceptors (Lipinski definition) is 5. The van der Waals surface area contributed by atoms with Crippen LogP contribution in [-0.2, 0) is 4.79 Å². The fourth-order valence-electron chi connectivity index (χ4n) is 4.86. The van der Waals surface area contributed by atoms with Crippen LogP contribution in [0, 0.1) is 12.8 Å². The number of likely N-dealkylation sites (N-methyl/N-ethyl adjacent to an activating group) is 1. The number of likely N-dealkylation sites (tertiary alicyclic amines) is 1. The topological polar surface area (TPSA) is 73.6 Å². The first-order valence-electron chi connectivity index (χ1n) is 13.6. The molecule has 0 spiro atoms. The molecule has 0 unspecified atom stereocenters. The van der Waals surface area contributed by atoms with Crippen LogP contribution in [0.1, 0.15) is 30.9 Å². The van der Waals surface area contributed by atoms with Crippen molar-refractivity contribution in [3.63, 3.8) is 0 Å². The highest BCUT2D eigenvalue weighted by atomic mass is 35.5. The number of hydrogen-bond donors (Lipinski definition) is 3. The molecule has 3 aromatic rings. The van der Waals surface area contributed by atoms with Gasteiger partial charge in [0.1, 0.15) is 0 Å². The molecule has 4 N–H and O–H groups in total. The summed E-state index contributed by atoms with van der Waals surface area (Å²) in [4.78, 5) is 16.3. The molecule has 1 fully saturated rings. The number of halogens is 2. The highest BCUT2D eigenvalue weighted by molar-refractivity contribution is 6.37. The van der Waals surface area contributed by atoms with Crippen molar-refractivity contribution in [2.24, 2.45) is 5.92 Å². The third-order valence-electron chi connectivity index (χ3n) is 7.16. The predicted molar refractivity (Wildman–Crippen MR) is 171 cm³/mol. The summed E-state index contributed by atoms with van der Waals surface area (Å²) in [7, 11) is 3.96. The number of nitrogens with zero attached hydrogens (tertiary/aromatic N) is 2. The number of carbonyl (C=O) groups excluding carboxylic acids is 1. The summed E-state index contributed by atoms with van der Waals surface area (Å²) in [6, 6.07) is 15.8. The van der Waals surface area contributed by atoms with Crippen LogP contribution in [0.5, 0.6) is 0 Å². The fraction of sp³-hybridized carbons (Fsp3) is 0.344. The van der Waals surface area contributed by atoms with E-state index in [1.54, 1.807) is 18.2 Å². The normalized spacial score (nSPS) is 13.8. The Bertz CT molecular complexity index is 1400. The fourth-order valence-corrected chi connectivity index (χ4v) is 5.34. The summed E-state index contributed by atoms with van der Waals surface area (Å²) >= 11 is 13.4. The Morgan fingerprint density at radius 2 is 1.80 bits per heavy atom. The molecule has 8 heteroatoms. The molecule has 6 nitrogen and oxygen atoms in total. The third-order valence-corrected chi connectivity index (χ3v) is 7.80. The van der Waals surface area contributed by atoms with Crippen molar-refractivity contribution in [3.8, 4) is 11.1 Å². The van der Waals surface area contributed by atoms with Crippen molar-refractivity contribution in [1.82, 2.24) is 9.80 Å². The summed E-state index contributed by atoms with van der Waals surface area (Å²) in [6.45, 7) is 9.41. The van der Waals surface area contributed by atoms with Crippen LogP contribution >= 0.6 is 23.2 Å². The molecule has 4 rings (SSSR count). The number of benzene rings is 3. The molecular formula is C32H39Cl2N5O. The SMILES string of the molecule is Cc1cccc(C(C)C)c1Nc1cc(-c2cc(N)ccc2Cl)c(Cl)cc1NCC1CN(C(=O)/C=C/CN(C)C)C1. The second-order valence-electron chi connectivity index (χ2n) is 11.1. The third kappa shape index (κ3) is 7.11. The van der Waals surface area contributed by atoms with Crippen molar-refractivity contribution in [1.29, 1.82) is 0 Å². The summed E-state index contributed by atoms with van der Waals surface area (Å²) < 4.78 is 0. The number of para-hydroxylation sites is 1. The van der Waals surface area contributed by atoms with Crippen LogP contribution in [0.15, 0.2) is 60.7 Å². The van der Waals surface area contributed by atoms with Gasteiger partial charge in [-0.2, -0.15) is 0 Å². The van der Waals surface area contributed by atoms with Gasteiger partial charge in [-0.3, -0.25) is 4.79 Å². The van der Waals surface area contributed by atoms with E-state index in [0.717, 1.165) is 59.9 Å². The molecule has 3 aromatic carbocycles. The van der Waals surface area contributed by atoms with Crippen molar-refractivity contribution in [3.05, 3.63) is 81.9 Å². The van der Waals surface area contributed by atoms with Gasteiger partial charge in [-0.1, -0.05) is 61.3 Å². The quantitative estimate of drug-likeness (QED) is 0.172. The predicted octanol–water partition coefficient (Wildman–Crippen LogP) is 7.41. The van der Waals surface area contributed by atoms with Crippen molar-refractivity contribution >= 4 is 51.9 Å². The van der Waals surface area contributed by atoms with Crippen LogP contribution in [0.2, 0.25) is 10.0 Å². The van der Waals surface area contributed by atoms with Crippen LogP contribution in [0.25, 0.3) is 11.1 Å². The molecule has 40 heavy (non-hydrogen) atoms. The molecule has 0 saturated carbocycles. The Hall–Kier alpha value is -3.19. The van der Waals surface area contributed by atoms with E-state index < -0.39 is 0 Å². The maximum absolute atomic E-state index is 12.4. The van der Waals surface area contributed by atoms with Gasteiger partial charge in [0.2, 0.25) is 5.91 Å². The zero-order valence-electron chi connectivity index (χ0n) is 23.9. The van der Waals surface area contributed by atoms with Crippen LogP contribution < -0.4 is 16.4 Å². The minimum atomic E-state index is 0.0626. The minimum absolute atomic E-state index is 0.0626. The highest BCUT2D eigenvalue weighted by Gasteiger charge is 2.29. The maximum atomic E-state index is 12.4. The maximum Gasteiger partial charge on any atom is 0.246 e. The van der Waals surface area contributed by atoms with Gasteiger partial charge in [-0.25, -0.2) is 0 Å². The monoisotopic (exact) mass is 579 g/mol. The van der Waals surface area contributed by atoms with E-state index in [9.17, 15) is 4.79 Å². The number of nitrogen functional groups attached to an aromatic ring is 1. The standard InChI is InChI=1S/C32H39Cl2N5O/c1-20(2)24-9-6-8-21(3)32(24)37-30-15-26(25-14-23(35)11-12-27(25)33)28(34)16-29(30)36-17-22-18-39(19-22)31(40)10-7-13-38(4)5/h6-12,14-16,20,22,36-37H,13,17-19,35H2,1-5H3/b10-7+. The lowest BCUT2D eigenvalue weighted by Crippen LogP contribution is -2.51. The number of aryl methyl sites for hydroxylation is 1. The largest absolute Gasteiger partial charge is 0.399 e. The van der Waals surface area contributed by atoms with Crippen molar-refractivity contribution in [2.75, 3.05) is 56.6 Å². The van der Waals surface area contributed by atoms with E-state index in [1.807, 2.05) is 48.2 Å². The second-order valence-corrected chi connectivity index (χ2v) is 11.9. The first-order chi connectivity index (χ1) is 19.0. The van der Waals surface area contributed by atoms with E-state index in [-0.39, 0.29) is 5.91 Å². The van der Waals surface area contributed by atoms with Gasteiger partial charge in [0, 0.05) is 65.7 Å². The molecule has 0 aliphatic carbocycles. The first kappa shape index (κ1) is 29.8. The first-order valence-corrected chi connectivity index (χ1v) is 14.4. The summed E-state index contributed by atoms with van der Waals surface area (Å²) in [6.07, 6.45) is 3.57. The lowest BCUT2D eigenvalue weighted by molar-refractivity contribution is -0.131. The molecule has 1 heterocycles. The number of amides is 1. The number of nitrogens with two attached hydrogens (primary N) is 1. The van der Waals surface area contributed by atoms with Crippen LogP contribution in [-0.4, -0.2) is 56.0 Å².